The van der Waals surface area contributed by atoms with Crippen molar-refractivity contribution >= 4 is 11.4 Å². The van der Waals surface area contributed by atoms with Gasteiger partial charge in [-0.05, 0) is 6.07 Å². The summed E-state index contributed by atoms with van der Waals surface area (Å²) < 4.78 is 10.6. The molecule has 0 amide bonds. The zero-order valence-electron chi connectivity index (χ0n) is 8.93. The molecule has 1 aliphatic heterocycles. The molecule has 2 heterocycles. The van der Waals surface area contributed by atoms with Gasteiger partial charge in [-0.25, -0.2) is 0 Å². The van der Waals surface area contributed by atoms with Crippen LogP contribution in [-0.2, 0) is 9.47 Å². The third kappa shape index (κ3) is 1.64. The maximum absolute atomic E-state index is 5.82. The highest BCUT2D eigenvalue weighted by molar-refractivity contribution is 5.67. The predicted octanol–water partition coefficient (Wildman–Crippen LogP) is 0.473. The Hall–Kier alpha value is -1.33. The first-order valence-corrected chi connectivity index (χ1v) is 4.75. The number of hydrogen-bond acceptors (Lipinski definition) is 5. The Morgan fingerprint density at radius 1 is 1.40 bits per heavy atom. The Balaban J connectivity index is 2.09. The average molecular weight is 209 g/mol. The van der Waals surface area contributed by atoms with Crippen molar-refractivity contribution in [3.05, 3.63) is 18.5 Å². The zero-order chi connectivity index (χ0) is 10.9. The van der Waals surface area contributed by atoms with Gasteiger partial charge in [-0.15, -0.1) is 0 Å². The summed E-state index contributed by atoms with van der Waals surface area (Å²) in [6, 6.07) is 1.89. The van der Waals surface area contributed by atoms with Crippen molar-refractivity contribution in [3.8, 4) is 0 Å². The van der Waals surface area contributed by atoms with Crippen molar-refractivity contribution < 1.29 is 9.47 Å². The van der Waals surface area contributed by atoms with Crippen LogP contribution in [0.25, 0.3) is 0 Å². The quantitative estimate of drug-likeness (QED) is 0.733. The molecule has 0 unspecified atom stereocenters. The number of aromatic nitrogens is 1. The number of rotatable bonds is 3. The van der Waals surface area contributed by atoms with Gasteiger partial charge in [0.2, 0.25) is 5.79 Å². The molecule has 0 saturated carbocycles. The van der Waals surface area contributed by atoms with Crippen molar-refractivity contribution in [2.75, 3.05) is 37.9 Å². The molecule has 82 valence electrons. The van der Waals surface area contributed by atoms with Gasteiger partial charge in [-0.2, -0.15) is 0 Å². The van der Waals surface area contributed by atoms with E-state index in [-0.39, 0.29) is 0 Å². The monoisotopic (exact) mass is 209 g/mol. The van der Waals surface area contributed by atoms with E-state index in [1.807, 2.05) is 6.07 Å². The van der Waals surface area contributed by atoms with Crippen molar-refractivity contribution in [1.82, 2.24) is 4.98 Å². The normalized spacial score (nSPS) is 18.7. The molecule has 0 radical (unpaired) electrons. The van der Waals surface area contributed by atoms with Crippen LogP contribution in [0.2, 0.25) is 0 Å². The minimum atomic E-state index is -0.476. The van der Waals surface area contributed by atoms with E-state index in [9.17, 15) is 0 Å². The highest BCUT2D eigenvalue weighted by Gasteiger charge is 2.44. The summed E-state index contributed by atoms with van der Waals surface area (Å²) in [7, 11) is 3.30. The second kappa shape index (κ2) is 3.67. The Morgan fingerprint density at radius 2 is 2.07 bits per heavy atom. The van der Waals surface area contributed by atoms with Crippen LogP contribution in [0, 0.1) is 0 Å². The molecule has 0 aliphatic carbocycles. The van der Waals surface area contributed by atoms with Gasteiger partial charge in [-0.1, -0.05) is 0 Å². The minimum Gasteiger partial charge on any atom is -0.396 e. The SMILES string of the molecule is COC1(OC)CN(c2ccncc2N)C1. The summed E-state index contributed by atoms with van der Waals surface area (Å²) in [6.07, 6.45) is 3.38. The fraction of sp³-hybridized carbons (Fsp3) is 0.500. The molecule has 1 aromatic heterocycles. The van der Waals surface area contributed by atoms with Crippen LogP contribution >= 0.6 is 0 Å². The average Bonchev–Trinajstić information content (AvgIpc) is 2.20. The molecule has 5 heteroatoms. The molecule has 2 N–H and O–H groups in total. The third-order valence-electron chi connectivity index (χ3n) is 2.78. The first kappa shape index (κ1) is 10.2. The van der Waals surface area contributed by atoms with E-state index in [0.29, 0.717) is 18.8 Å². The van der Waals surface area contributed by atoms with Gasteiger partial charge in [0.25, 0.3) is 0 Å². The number of nitrogen functional groups attached to an aromatic ring is 1. The number of anilines is 2. The van der Waals surface area contributed by atoms with E-state index < -0.39 is 5.79 Å². The first-order chi connectivity index (χ1) is 7.21. The van der Waals surface area contributed by atoms with Crippen LogP contribution in [0.3, 0.4) is 0 Å². The first-order valence-electron chi connectivity index (χ1n) is 4.75. The van der Waals surface area contributed by atoms with Crippen LogP contribution in [0.1, 0.15) is 0 Å². The van der Waals surface area contributed by atoms with Crippen LogP contribution in [0.4, 0.5) is 11.4 Å². The molecule has 0 atom stereocenters. The number of hydrogen-bond donors (Lipinski definition) is 1. The summed E-state index contributed by atoms with van der Waals surface area (Å²) in [5, 5.41) is 0. The van der Waals surface area contributed by atoms with E-state index >= 15 is 0 Å². The topological polar surface area (TPSA) is 60.6 Å². The third-order valence-corrected chi connectivity index (χ3v) is 2.78. The highest BCUT2D eigenvalue weighted by atomic mass is 16.7. The van der Waals surface area contributed by atoms with E-state index in [0.717, 1.165) is 5.69 Å². The maximum atomic E-state index is 5.82. The lowest BCUT2D eigenvalue weighted by Crippen LogP contribution is -2.64. The molecule has 1 saturated heterocycles. The minimum absolute atomic E-state index is 0.476. The Kier molecular flexibility index (Phi) is 2.50. The van der Waals surface area contributed by atoms with Crippen LogP contribution < -0.4 is 10.6 Å². The van der Waals surface area contributed by atoms with Gasteiger partial charge in [0, 0.05) is 20.4 Å². The molecular formula is C10H15N3O2. The summed E-state index contributed by atoms with van der Waals surface area (Å²) in [6.45, 7) is 1.38. The molecule has 1 aliphatic rings. The molecular weight excluding hydrogens is 194 g/mol. The standard InChI is InChI=1S/C10H15N3O2/c1-14-10(15-2)6-13(7-10)9-3-4-12-5-8(9)11/h3-5H,6-7,11H2,1-2H3. The van der Waals surface area contributed by atoms with Gasteiger partial charge in [0.1, 0.15) is 0 Å². The van der Waals surface area contributed by atoms with Gasteiger partial charge in [0.15, 0.2) is 0 Å². The molecule has 5 nitrogen and oxygen atoms in total. The lowest BCUT2D eigenvalue weighted by molar-refractivity contribution is -0.219. The lowest BCUT2D eigenvalue weighted by atomic mass is 10.1. The van der Waals surface area contributed by atoms with E-state index in [1.165, 1.54) is 0 Å². The fourth-order valence-electron chi connectivity index (χ4n) is 1.73. The van der Waals surface area contributed by atoms with Crippen molar-refractivity contribution in [3.63, 3.8) is 0 Å². The van der Waals surface area contributed by atoms with Crippen molar-refractivity contribution in [2.45, 2.75) is 5.79 Å². The van der Waals surface area contributed by atoms with Gasteiger partial charge < -0.3 is 20.1 Å². The smallest absolute Gasteiger partial charge is 0.203 e. The number of methoxy groups -OCH3 is 2. The summed E-state index contributed by atoms with van der Waals surface area (Å²) >= 11 is 0. The summed E-state index contributed by atoms with van der Waals surface area (Å²) in [5.41, 5.74) is 7.48. The molecule has 0 bridgehead atoms. The number of ether oxygens (including phenoxy) is 2. The Bertz CT molecular complexity index is 344. The second-order valence-corrected chi connectivity index (χ2v) is 3.61. The lowest BCUT2D eigenvalue weighted by Gasteiger charge is -2.48. The zero-order valence-corrected chi connectivity index (χ0v) is 8.93. The number of pyridine rings is 1. The predicted molar refractivity (Wildman–Crippen MR) is 57.6 cm³/mol. The number of nitrogens with zero attached hydrogens (tertiary/aromatic N) is 2. The molecule has 1 fully saturated rings. The van der Waals surface area contributed by atoms with Crippen LogP contribution in [-0.4, -0.2) is 38.1 Å². The summed E-state index contributed by atoms with van der Waals surface area (Å²) in [5.74, 6) is -0.476. The van der Waals surface area contributed by atoms with Crippen molar-refractivity contribution in [2.24, 2.45) is 0 Å². The maximum Gasteiger partial charge on any atom is 0.203 e. The highest BCUT2D eigenvalue weighted by Crippen LogP contribution is 2.33. The Labute approximate surface area is 88.8 Å². The van der Waals surface area contributed by atoms with Gasteiger partial charge in [-0.3, -0.25) is 4.98 Å². The van der Waals surface area contributed by atoms with E-state index in [2.05, 4.69) is 9.88 Å². The molecule has 0 aromatic carbocycles. The number of nitrogens with two attached hydrogens (primary N) is 1. The van der Waals surface area contributed by atoms with Crippen LogP contribution in [0.5, 0.6) is 0 Å². The van der Waals surface area contributed by atoms with Crippen LogP contribution in [0.15, 0.2) is 18.5 Å². The van der Waals surface area contributed by atoms with Gasteiger partial charge in [0.05, 0.1) is 30.7 Å². The molecule has 2 rings (SSSR count). The second-order valence-electron chi connectivity index (χ2n) is 3.61. The van der Waals surface area contributed by atoms with Crippen molar-refractivity contribution in [1.29, 1.82) is 0 Å². The largest absolute Gasteiger partial charge is 0.396 e. The van der Waals surface area contributed by atoms with Gasteiger partial charge >= 0.3 is 0 Å². The molecule has 1 aromatic rings. The fourth-order valence-corrected chi connectivity index (χ4v) is 1.73. The molecule has 15 heavy (non-hydrogen) atoms. The Morgan fingerprint density at radius 3 is 2.60 bits per heavy atom. The van der Waals surface area contributed by atoms with E-state index in [1.54, 1.807) is 26.6 Å². The molecule has 0 spiro atoms. The van der Waals surface area contributed by atoms with E-state index in [4.69, 9.17) is 15.2 Å². The summed E-state index contributed by atoms with van der Waals surface area (Å²) in [4.78, 5) is 6.05.